The normalized spacial score (nSPS) is 10.9. The zero-order valence-corrected chi connectivity index (χ0v) is 10.9. The minimum atomic E-state index is -0.382. The fraction of sp³-hybridized carbons (Fsp3) is 0.125. The summed E-state index contributed by atoms with van der Waals surface area (Å²) in [6, 6.07) is 11.4. The molecule has 0 aliphatic rings. The Labute approximate surface area is 115 Å². The first-order valence-corrected chi connectivity index (χ1v) is 6.24. The summed E-state index contributed by atoms with van der Waals surface area (Å²) in [5.74, 6) is -0.411. The summed E-state index contributed by atoms with van der Waals surface area (Å²) in [5.41, 5.74) is 1.74. The number of methoxy groups -OCH3 is 1. The molecule has 0 atom stereocenters. The van der Waals surface area contributed by atoms with Crippen LogP contribution in [0.1, 0.15) is 5.56 Å². The molecule has 3 aromatic rings. The highest BCUT2D eigenvalue weighted by atomic mass is 19.1. The van der Waals surface area contributed by atoms with Gasteiger partial charge in [0, 0.05) is 23.6 Å². The molecule has 1 aromatic heterocycles. The summed E-state index contributed by atoms with van der Waals surface area (Å²) >= 11 is 0. The van der Waals surface area contributed by atoms with Crippen LogP contribution < -0.4 is 4.74 Å². The van der Waals surface area contributed by atoms with Crippen molar-refractivity contribution in [3.8, 4) is 5.75 Å². The molecule has 0 unspecified atom stereocenters. The van der Waals surface area contributed by atoms with E-state index in [9.17, 15) is 8.78 Å². The van der Waals surface area contributed by atoms with Crippen LogP contribution in [0.15, 0.2) is 48.7 Å². The van der Waals surface area contributed by atoms with Crippen molar-refractivity contribution in [2.24, 2.45) is 0 Å². The molecule has 3 rings (SSSR count). The topological polar surface area (TPSA) is 14.2 Å². The molecule has 0 saturated carbocycles. The van der Waals surface area contributed by atoms with Crippen LogP contribution in [0.2, 0.25) is 0 Å². The van der Waals surface area contributed by atoms with Gasteiger partial charge in [-0.25, -0.2) is 8.78 Å². The van der Waals surface area contributed by atoms with Crippen LogP contribution in [0.4, 0.5) is 8.78 Å². The standard InChI is InChI=1S/C16H13F2NO/c1-20-16-5-2-11(8-14(16)18)10-19-7-6-12-9-13(17)3-4-15(12)19/h2-9H,10H2,1H3. The highest BCUT2D eigenvalue weighted by Gasteiger charge is 2.06. The first-order valence-electron chi connectivity index (χ1n) is 6.24. The van der Waals surface area contributed by atoms with Crippen molar-refractivity contribution < 1.29 is 13.5 Å². The lowest BCUT2D eigenvalue weighted by Crippen LogP contribution is -1.99. The third kappa shape index (κ3) is 2.25. The molecule has 0 N–H and O–H groups in total. The van der Waals surface area contributed by atoms with Crippen molar-refractivity contribution >= 4 is 10.9 Å². The number of rotatable bonds is 3. The van der Waals surface area contributed by atoms with E-state index in [1.54, 1.807) is 12.1 Å². The van der Waals surface area contributed by atoms with E-state index in [1.165, 1.54) is 25.3 Å². The zero-order chi connectivity index (χ0) is 14.1. The van der Waals surface area contributed by atoms with Gasteiger partial charge in [-0.15, -0.1) is 0 Å². The van der Waals surface area contributed by atoms with Crippen LogP contribution in [-0.4, -0.2) is 11.7 Å². The Morgan fingerprint density at radius 2 is 1.90 bits per heavy atom. The Bertz CT molecular complexity index is 764. The van der Waals surface area contributed by atoms with Gasteiger partial charge in [-0.2, -0.15) is 0 Å². The minimum absolute atomic E-state index is 0.230. The molecule has 0 radical (unpaired) electrons. The Hall–Kier alpha value is -2.36. The van der Waals surface area contributed by atoms with E-state index in [0.717, 1.165) is 16.5 Å². The van der Waals surface area contributed by atoms with Crippen LogP contribution in [0.5, 0.6) is 5.75 Å². The smallest absolute Gasteiger partial charge is 0.165 e. The molecule has 0 aliphatic carbocycles. The van der Waals surface area contributed by atoms with Gasteiger partial charge in [-0.05, 0) is 42.0 Å². The number of hydrogen-bond donors (Lipinski definition) is 0. The molecule has 2 nitrogen and oxygen atoms in total. The van der Waals surface area contributed by atoms with Crippen molar-refractivity contribution in [2.45, 2.75) is 6.54 Å². The number of ether oxygens (including phenoxy) is 1. The Morgan fingerprint density at radius 1 is 1.05 bits per heavy atom. The molecule has 2 aromatic carbocycles. The number of halogens is 2. The molecule has 4 heteroatoms. The highest BCUT2D eigenvalue weighted by molar-refractivity contribution is 5.80. The summed E-state index contributed by atoms with van der Waals surface area (Å²) < 4.78 is 33.6. The number of hydrogen-bond acceptors (Lipinski definition) is 1. The third-order valence-corrected chi connectivity index (χ3v) is 3.30. The summed E-state index contributed by atoms with van der Waals surface area (Å²) in [7, 11) is 1.44. The number of fused-ring (bicyclic) bond motifs is 1. The van der Waals surface area contributed by atoms with Crippen molar-refractivity contribution in [3.63, 3.8) is 0 Å². The molecular formula is C16H13F2NO. The van der Waals surface area contributed by atoms with E-state index >= 15 is 0 Å². The van der Waals surface area contributed by atoms with Gasteiger partial charge < -0.3 is 9.30 Å². The fourth-order valence-electron chi connectivity index (χ4n) is 2.31. The average molecular weight is 273 g/mol. The molecule has 0 spiro atoms. The maximum atomic E-state index is 13.7. The number of benzene rings is 2. The highest BCUT2D eigenvalue weighted by Crippen LogP contribution is 2.21. The Morgan fingerprint density at radius 3 is 2.65 bits per heavy atom. The summed E-state index contributed by atoms with van der Waals surface area (Å²) in [5, 5.41) is 0.832. The van der Waals surface area contributed by atoms with E-state index < -0.39 is 0 Å². The second kappa shape index (κ2) is 4.96. The molecule has 0 fully saturated rings. The summed E-state index contributed by atoms with van der Waals surface area (Å²) in [6.07, 6.45) is 1.87. The minimum Gasteiger partial charge on any atom is -0.494 e. The molecule has 0 saturated heterocycles. The van der Waals surface area contributed by atoms with Crippen LogP contribution in [0.3, 0.4) is 0 Å². The van der Waals surface area contributed by atoms with E-state index in [2.05, 4.69) is 0 Å². The second-order valence-corrected chi connectivity index (χ2v) is 4.62. The molecule has 20 heavy (non-hydrogen) atoms. The number of nitrogens with zero attached hydrogens (tertiary/aromatic N) is 1. The van der Waals surface area contributed by atoms with Gasteiger partial charge in [0.15, 0.2) is 11.6 Å². The van der Waals surface area contributed by atoms with Crippen molar-refractivity contribution in [2.75, 3.05) is 7.11 Å². The molecule has 0 aliphatic heterocycles. The average Bonchev–Trinajstić information content (AvgIpc) is 2.81. The monoisotopic (exact) mass is 273 g/mol. The molecule has 0 bridgehead atoms. The van der Waals surface area contributed by atoms with Gasteiger partial charge in [0.25, 0.3) is 0 Å². The summed E-state index contributed by atoms with van der Waals surface area (Å²) in [6.45, 7) is 0.524. The zero-order valence-electron chi connectivity index (χ0n) is 10.9. The Kier molecular flexibility index (Phi) is 3.14. The lowest BCUT2D eigenvalue weighted by Gasteiger charge is -2.08. The SMILES string of the molecule is COc1ccc(Cn2ccc3cc(F)ccc32)cc1F. The first-order chi connectivity index (χ1) is 9.67. The largest absolute Gasteiger partial charge is 0.494 e. The quantitative estimate of drug-likeness (QED) is 0.704. The lowest BCUT2D eigenvalue weighted by atomic mass is 10.2. The fourth-order valence-corrected chi connectivity index (χ4v) is 2.31. The van der Waals surface area contributed by atoms with Gasteiger partial charge in [0.05, 0.1) is 7.11 Å². The van der Waals surface area contributed by atoms with E-state index in [-0.39, 0.29) is 17.4 Å². The predicted molar refractivity (Wildman–Crippen MR) is 74.0 cm³/mol. The van der Waals surface area contributed by atoms with Gasteiger partial charge in [0.1, 0.15) is 5.82 Å². The van der Waals surface area contributed by atoms with Gasteiger partial charge >= 0.3 is 0 Å². The van der Waals surface area contributed by atoms with E-state index in [4.69, 9.17) is 4.74 Å². The van der Waals surface area contributed by atoms with Crippen molar-refractivity contribution in [1.29, 1.82) is 0 Å². The van der Waals surface area contributed by atoms with Crippen molar-refractivity contribution in [1.82, 2.24) is 4.57 Å². The van der Waals surface area contributed by atoms with Gasteiger partial charge in [-0.3, -0.25) is 0 Å². The number of aromatic nitrogens is 1. The van der Waals surface area contributed by atoms with Crippen LogP contribution in [-0.2, 0) is 6.54 Å². The maximum Gasteiger partial charge on any atom is 0.165 e. The molecular weight excluding hydrogens is 260 g/mol. The van der Waals surface area contributed by atoms with Crippen LogP contribution in [0.25, 0.3) is 10.9 Å². The molecule has 0 amide bonds. The van der Waals surface area contributed by atoms with Gasteiger partial charge in [-0.1, -0.05) is 6.07 Å². The second-order valence-electron chi connectivity index (χ2n) is 4.62. The first kappa shape index (κ1) is 12.7. The van der Waals surface area contributed by atoms with Crippen molar-refractivity contribution in [3.05, 3.63) is 65.9 Å². The Balaban J connectivity index is 1.95. The summed E-state index contributed by atoms with van der Waals surface area (Å²) in [4.78, 5) is 0. The third-order valence-electron chi connectivity index (χ3n) is 3.30. The van der Waals surface area contributed by atoms with E-state index in [1.807, 2.05) is 22.9 Å². The predicted octanol–water partition coefficient (Wildman–Crippen LogP) is 3.98. The molecule has 1 heterocycles. The molecule has 102 valence electrons. The lowest BCUT2D eigenvalue weighted by molar-refractivity contribution is 0.386. The van der Waals surface area contributed by atoms with E-state index in [0.29, 0.717) is 6.54 Å². The van der Waals surface area contributed by atoms with Crippen LogP contribution in [0, 0.1) is 11.6 Å². The maximum absolute atomic E-state index is 13.7. The van der Waals surface area contributed by atoms with Gasteiger partial charge in [0.2, 0.25) is 0 Å². The van der Waals surface area contributed by atoms with Crippen LogP contribution >= 0.6 is 0 Å².